The predicted octanol–water partition coefficient (Wildman–Crippen LogP) is 3.76. The molecule has 1 N–H and O–H groups in total. The van der Waals surface area contributed by atoms with E-state index in [2.05, 4.69) is 5.32 Å². The lowest BCUT2D eigenvalue weighted by molar-refractivity contribution is 0.102. The Morgan fingerprint density at radius 1 is 0.815 bits per heavy atom. The molecule has 2 aromatic rings. The summed E-state index contributed by atoms with van der Waals surface area (Å²) in [6, 6.07) is 8.45. The topological polar surface area (TPSA) is 75.3 Å². The number of carbonyl (C=O) groups excluding carboxylic acids is 1. The van der Waals surface area contributed by atoms with Crippen LogP contribution in [0.3, 0.4) is 0 Å². The summed E-state index contributed by atoms with van der Waals surface area (Å²) in [6.45, 7) is 4.75. The number of ether oxygens (including phenoxy) is 5. The van der Waals surface area contributed by atoms with Crippen LogP contribution in [0.2, 0.25) is 0 Å². The molecule has 0 aliphatic rings. The van der Waals surface area contributed by atoms with Crippen molar-refractivity contribution in [1.82, 2.24) is 0 Å². The number of carbonyl (C=O) groups is 1. The largest absolute Gasteiger partial charge is 0.496 e. The van der Waals surface area contributed by atoms with Gasteiger partial charge in [0.15, 0.2) is 11.5 Å². The average Bonchev–Trinajstić information content (AvgIpc) is 2.69. The molecule has 0 heterocycles. The Labute approximate surface area is 159 Å². The molecule has 0 radical (unpaired) electrons. The van der Waals surface area contributed by atoms with Crippen molar-refractivity contribution in [2.75, 3.05) is 39.9 Å². The number of amides is 1. The van der Waals surface area contributed by atoms with Crippen LogP contribution in [0.1, 0.15) is 24.2 Å². The minimum absolute atomic E-state index is 0.305. The normalized spacial score (nSPS) is 10.1. The van der Waals surface area contributed by atoms with E-state index in [4.69, 9.17) is 23.7 Å². The zero-order valence-electron chi connectivity index (χ0n) is 16.3. The van der Waals surface area contributed by atoms with E-state index in [-0.39, 0.29) is 5.91 Å². The molecular formula is C20H25NO6. The van der Waals surface area contributed by atoms with Gasteiger partial charge in [-0.05, 0) is 26.0 Å². The number of anilines is 1. The Kier molecular flexibility index (Phi) is 7.16. The lowest BCUT2D eigenvalue weighted by Crippen LogP contribution is -2.15. The molecule has 0 aromatic heterocycles. The van der Waals surface area contributed by atoms with Gasteiger partial charge in [-0.2, -0.15) is 0 Å². The number of rotatable bonds is 9. The van der Waals surface area contributed by atoms with Crippen molar-refractivity contribution in [1.29, 1.82) is 0 Å². The van der Waals surface area contributed by atoms with Crippen LogP contribution < -0.4 is 29.0 Å². The van der Waals surface area contributed by atoms with Crippen LogP contribution in [0.4, 0.5) is 5.69 Å². The molecule has 7 nitrogen and oxygen atoms in total. The molecule has 0 saturated carbocycles. The second kappa shape index (κ2) is 9.56. The van der Waals surface area contributed by atoms with Gasteiger partial charge < -0.3 is 29.0 Å². The summed E-state index contributed by atoms with van der Waals surface area (Å²) >= 11 is 0. The molecule has 0 atom stereocenters. The quantitative estimate of drug-likeness (QED) is 0.719. The van der Waals surface area contributed by atoms with E-state index in [0.29, 0.717) is 53.2 Å². The zero-order chi connectivity index (χ0) is 19.8. The van der Waals surface area contributed by atoms with Crippen molar-refractivity contribution in [3.63, 3.8) is 0 Å². The molecular weight excluding hydrogens is 350 g/mol. The van der Waals surface area contributed by atoms with Gasteiger partial charge in [-0.3, -0.25) is 4.79 Å². The fourth-order valence-corrected chi connectivity index (χ4v) is 2.54. The first-order valence-corrected chi connectivity index (χ1v) is 8.58. The summed E-state index contributed by atoms with van der Waals surface area (Å²) in [5.41, 5.74) is 0.809. The molecule has 0 fully saturated rings. The maximum absolute atomic E-state index is 12.9. The molecule has 27 heavy (non-hydrogen) atoms. The second-order valence-corrected chi connectivity index (χ2v) is 5.39. The van der Waals surface area contributed by atoms with Crippen LogP contribution in [-0.4, -0.2) is 40.5 Å². The summed E-state index contributed by atoms with van der Waals surface area (Å²) < 4.78 is 27.0. The minimum Gasteiger partial charge on any atom is -0.496 e. The highest BCUT2D eigenvalue weighted by Gasteiger charge is 2.19. The molecule has 0 unspecified atom stereocenters. The van der Waals surface area contributed by atoms with Crippen LogP contribution in [0.25, 0.3) is 0 Å². The van der Waals surface area contributed by atoms with E-state index >= 15 is 0 Å². The van der Waals surface area contributed by atoms with Crippen LogP contribution in [0.5, 0.6) is 28.7 Å². The molecule has 2 aromatic carbocycles. The van der Waals surface area contributed by atoms with Gasteiger partial charge in [-0.25, -0.2) is 0 Å². The van der Waals surface area contributed by atoms with Gasteiger partial charge in [-0.15, -0.1) is 0 Å². The summed E-state index contributed by atoms with van der Waals surface area (Å²) in [6.07, 6.45) is 0. The summed E-state index contributed by atoms with van der Waals surface area (Å²) in [4.78, 5) is 12.9. The van der Waals surface area contributed by atoms with Gasteiger partial charge >= 0.3 is 0 Å². The standard InChI is InChI=1S/C20H25NO6/c1-6-26-13-8-9-16(27-7-2)15(10-13)21-20(22)14-11-18(24-4)19(25-5)12-17(14)23-3/h8-12H,6-7H2,1-5H3,(H,21,22). The fourth-order valence-electron chi connectivity index (χ4n) is 2.54. The molecule has 0 aliphatic heterocycles. The smallest absolute Gasteiger partial charge is 0.259 e. The SMILES string of the molecule is CCOc1ccc(OCC)c(NC(=O)c2cc(OC)c(OC)cc2OC)c1. The first-order valence-electron chi connectivity index (χ1n) is 8.58. The van der Waals surface area contributed by atoms with Gasteiger partial charge in [0.2, 0.25) is 0 Å². The van der Waals surface area contributed by atoms with Crippen molar-refractivity contribution >= 4 is 11.6 Å². The van der Waals surface area contributed by atoms with E-state index in [0.717, 1.165) is 0 Å². The van der Waals surface area contributed by atoms with Crippen LogP contribution >= 0.6 is 0 Å². The van der Waals surface area contributed by atoms with Gasteiger partial charge in [0, 0.05) is 18.2 Å². The molecule has 7 heteroatoms. The highest BCUT2D eigenvalue weighted by molar-refractivity contribution is 6.07. The molecule has 146 valence electrons. The third-order valence-corrected chi connectivity index (χ3v) is 3.76. The number of methoxy groups -OCH3 is 3. The third kappa shape index (κ3) is 4.75. The van der Waals surface area contributed by atoms with Crippen LogP contribution in [-0.2, 0) is 0 Å². The Hall–Kier alpha value is -3.09. The van der Waals surface area contributed by atoms with Gasteiger partial charge in [0.1, 0.15) is 17.2 Å². The van der Waals surface area contributed by atoms with Crippen molar-refractivity contribution in [3.8, 4) is 28.7 Å². The molecule has 1 amide bonds. The fraction of sp³-hybridized carbons (Fsp3) is 0.350. The summed E-state index contributed by atoms with van der Waals surface area (Å²) in [7, 11) is 4.51. The number of benzene rings is 2. The third-order valence-electron chi connectivity index (χ3n) is 3.76. The number of nitrogens with one attached hydrogen (secondary N) is 1. The maximum Gasteiger partial charge on any atom is 0.259 e. The monoisotopic (exact) mass is 375 g/mol. The van der Waals surface area contributed by atoms with Gasteiger partial charge in [0.25, 0.3) is 5.91 Å². The predicted molar refractivity (Wildman–Crippen MR) is 103 cm³/mol. The van der Waals surface area contributed by atoms with E-state index < -0.39 is 0 Å². The second-order valence-electron chi connectivity index (χ2n) is 5.39. The van der Waals surface area contributed by atoms with Crippen molar-refractivity contribution in [2.45, 2.75) is 13.8 Å². The van der Waals surface area contributed by atoms with Gasteiger partial charge in [0.05, 0.1) is 45.8 Å². The summed E-state index contributed by atoms with van der Waals surface area (Å²) in [5, 5.41) is 2.85. The average molecular weight is 375 g/mol. The van der Waals surface area contributed by atoms with Crippen molar-refractivity contribution < 1.29 is 28.5 Å². The first-order chi connectivity index (χ1) is 13.1. The van der Waals surface area contributed by atoms with E-state index in [1.165, 1.54) is 21.3 Å². The highest BCUT2D eigenvalue weighted by atomic mass is 16.5. The van der Waals surface area contributed by atoms with Gasteiger partial charge in [-0.1, -0.05) is 0 Å². The number of hydrogen-bond donors (Lipinski definition) is 1. The summed E-state index contributed by atoms with van der Waals surface area (Å²) in [5.74, 6) is 2.08. The number of hydrogen-bond acceptors (Lipinski definition) is 6. The highest BCUT2D eigenvalue weighted by Crippen LogP contribution is 2.36. The molecule has 0 saturated heterocycles. The zero-order valence-corrected chi connectivity index (χ0v) is 16.3. The van der Waals surface area contributed by atoms with E-state index in [1.54, 1.807) is 30.3 Å². The Morgan fingerprint density at radius 2 is 1.44 bits per heavy atom. The molecule has 0 bridgehead atoms. The lowest BCUT2D eigenvalue weighted by atomic mass is 10.1. The Bertz CT molecular complexity index is 790. The van der Waals surface area contributed by atoms with Crippen LogP contribution in [0.15, 0.2) is 30.3 Å². The Morgan fingerprint density at radius 3 is 2.04 bits per heavy atom. The molecule has 0 aliphatic carbocycles. The minimum atomic E-state index is -0.373. The molecule has 0 spiro atoms. The van der Waals surface area contributed by atoms with Crippen molar-refractivity contribution in [3.05, 3.63) is 35.9 Å². The maximum atomic E-state index is 12.9. The van der Waals surface area contributed by atoms with E-state index in [1.807, 2.05) is 13.8 Å². The van der Waals surface area contributed by atoms with Crippen LogP contribution in [0, 0.1) is 0 Å². The Balaban J connectivity index is 2.40. The van der Waals surface area contributed by atoms with Crippen molar-refractivity contribution in [2.24, 2.45) is 0 Å². The molecule has 2 rings (SSSR count). The van der Waals surface area contributed by atoms with E-state index in [9.17, 15) is 4.79 Å². The lowest BCUT2D eigenvalue weighted by Gasteiger charge is -2.16. The first kappa shape index (κ1) is 20.2.